The molecule has 0 N–H and O–H groups in total. The van der Waals surface area contributed by atoms with E-state index in [1.807, 2.05) is 46.7 Å². The van der Waals surface area contributed by atoms with Crippen LogP contribution < -0.4 is 0 Å². The van der Waals surface area contributed by atoms with Gasteiger partial charge in [0.2, 0.25) is 0 Å². The van der Waals surface area contributed by atoms with Crippen molar-refractivity contribution in [3.05, 3.63) is 117 Å². The van der Waals surface area contributed by atoms with Gasteiger partial charge >= 0.3 is 0 Å². The van der Waals surface area contributed by atoms with E-state index in [1.54, 1.807) is 28.8 Å². The molecule has 0 bridgehead atoms. The third kappa shape index (κ3) is 6.88. The molecule has 0 aliphatic carbocycles. The summed E-state index contributed by atoms with van der Waals surface area (Å²) in [6.45, 7) is 3.81. The van der Waals surface area contributed by atoms with E-state index < -0.39 is 5.82 Å². The minimum absolute atomic E-state index is 0.0532. The van der Waals surface area contributed by atoms with Crippen LogP contribution in [0.25, 0.3) is 23.2 Å². The molecule has 3 heterocycles. The lowest BCUT2D eigenvalue weighted by Crippen LogP contribution is -2.48. The predicted molar refractivity (Wildman–Crippen MR) is 171 cm³/mol. The quantitative estimate of drug-likeness (QED) is 0.164. The van der Waals surface area contributed by atoms with Crippen LogP contribution in [-0.2, 0) is 5.75 Å². The number of aromatic nitrogens is 4. The highest BCUT2D eigenvalue weighted by atomic mass is 35.5. The first-order valence-electron chi connectivity index (χ1n) is 13.8. The molecule has 6 rings (SSSR count). The van der Waals surface area contributed by atoms with E-state index in [4.69, 9.17) is 11.6 Å². The second kappa shape index (κ2) is 13.6. The normalized spacial score (nSPS) is 14.0. The zero-order chi connectivity index (χ0) is 29.6. The van der Waals surface area contributed by atoms with E-state index in [0.717, 1.165) is 24.6 Å². The highest BCUT2D eigenvalue weighted by Gasteiger charge is 2.24. The summed E-state index contributed by atoms with van der Waals surface area (Å²) < 4.78 is 16.6. The van der Waals surface area contributed by atoms with Gasteiger partial charge in [-0.15, -0.1) is 21.5 Å². The van der Waals surface area contributed by atoms with Crippen molar-refractivity contribution in [3.63, 3.8) is 0 Å². The molecule has 1 amide bonds. The number of rotatable bonds is 9. The molecule has 5 aromatic rings. The number of carbonyl (C=O) groups excluding carboxylic acids is 1. The van der Waals surface area contributed by atoms with E-state index in [9.17, 15) is 9.18 Å². The zero-order valence-electron chi connectivity index (χ0n) is 23.1. The summed E-state index contributed by atoms with van der Waals surface area (Å²) in [4.78, 5) is 22.1. The molecule has 1 aliphatic rings. The molecule has 7 nitrogen and oxygen atoms in total. The summed E-state index contributed by atoms with van der Waals surface area (Å²) in [7, 11) is 0. The molecule has 1 fully saturated rings. The van der Waals surface area contributed by atoms with E-state index in [1.165, 1.54) is 34.7 Å². The number of halogens is 2. The molecule has 1 saturated heterocycles. The van der Waals surface area contributed by atoms with Crippen LogP contribution in [0.1, 0.15) is 21.1 Å². The Balaban J connectivity index is 1.10. The minimum atomic E-state index is -0.396. The van der Waals surface area contributed by atoms with Crippen molar-refractivity contribution in [2.24, 2.45) is 0 Å². The van der Waals surface area contributed by atoms with E-state index >= 15 is 0 Å². The van der Waals surface area contributed by atoms with E-state index in [0.29, 0.717) is 51.8 Å². The van der Waals surface area contributed by atoms with Gasteiger partial charge in [-0.3, -0.25) is 14.3 Å². The van der Waals surface area contributed by atoms with Gasteiger partial charge in [-0.05, 0) is 29.8 Å². The lowest BCUT2D eigenvalue weighted by Gasteiger charge is -2.33. The Kier molecular flexibility index (Phi) is 9.28. The Morgan fingerprint density at radius 3 is 2.49 bits per heavy atom. The molecule has 0 atom stereocenters. The number of para-hydroxylation sites is 1. The Bertz CT molecular complexity index is 1730. The number of piperazine rings is 1. The maximum atomic E-state index is 14.9. The third-order valence-corrected chi connectivity index (χ3v) is 9.37. The second-order valence-corrected chi connectivity index (χ2v) is 12.2. The van der Waals surface area contributed by atoms with Crippen molar-refractivity contribution in [2.45, 2.75) is 10.9 Å². The van der Waals surface area contributed by atoms with Gasteiger partial charge in [-0.2, -0.15) is 0 Å². The predicted octanol–water partition coefficient (Wildman–Crippen LogP) is 6.95. The number of hydrogen-bond donors (Lipinski definition) is 0. The van der Waals surface area contributed by atoms with E-state index in [2.05, 4.69) is 44.4 Å². The molecule has 0 saturated carbocycles. The third-order valence-electron chi connectivity index (χ3n) is 7.07. The van der Waals surface area contributed by atoms with Crippen LogP contribution in [0, 0.1) is 5.82 Å². The summed E-state index contributed by atoms with van der Waals surface area (Å²) in [5, 5.41) is 12.3. The maximum Gasteiger partial charge on any atom is 0.273 e. The summed E-state index contributed by atoms with van der Waals surface area (Å²) in [6, 6.07) is 24.0. The van der Waals surface area contributed by atoms with Gasteiger partial charge in [0.25, 0.3) is 5.91 Å². The Labute approximate surface area is 262 Å². The number of amides is 1. The highest BCUT2D eigenvalue weighted by molar-refractivity contribution is 7.98. The molecule has 1 aliphatic heterocycles. The van der Waals surface area contributed by atoms with Gasteiger partial charge < -0.3 is 4.90 Å². The monoisotopic (exact) mass is 630 g/mol. The fourth-order valence-electron chi connectivity index (χ4n) is 4.83. The average molecular weight is 631 g/mol. The standard InChI is InChI=1S/C32H28ClFN6OS2/c33-25-13-5-4-12-24(25)30-36-37-32(40(30)28-15-7-6-14-26(28)34)43-22-29-35-27(21-42-29)31(41)39-19-17-38(18-20-39)16-8-11-23-9-2-1-3-10-23/h1-15,21H,16-20,22H2/b11-8+. The number of thiazole rings is 1. The van der Waals surface area contributed by atoms with Crippen LogP contribution in [0.15, 0.2) is 95.5 Å². The lowest BCUT2D eigenvalue weighted by atomic mass is 10.2. The Morgan fingerprint density at radius 1 is 0.953 bits per heavy atom. The molecular weight excluding hydrogens is 603 g/mol. The van der Waals surface area contributed by atoms with Crippen molar-refractivity contribution < 1.29 is 9.18 Å². The molecule has 0 radical (unpaired) electrons. The molecule has 11 heteroatoms. The van der Waals surface area contributed by atoms with Gasteiger partial charge in [0.05, 0.1) is 16.5 Å². The van der Waals surface area contributed by atoms with E-state index in [-0.39, 0.29) is 5.91 Å². The number of thioether (sulfide) groups is 1. The molecule has 3 aromatic carbocycles. The van der Waals surface area contributed by atoms with Crippen LogP contribution >= 0.6 is 34.7 Å². The maximum absolute atomic E-state index is 14.9. The first kappa shape index (κ1) is 29.3. The van der Waals surface area contributed by atoms with Gasteiger partial charge in [-0.1, -0.05) is 90.1 Å². The van der Waals surface area contributed by atoms with Gasteiger partial charge in [0.1, 0.15) is 16.5 Å². The summed E-state index contributed by atoms with van der Waals surface area (Å²) >= 11 is 9.27. The number of benzene rings is 3. The van der Waals surface area contributed by atoms with Gasteiger partial charge in [0, 0.05) is 43.7 Å². The summed E-state index contributed by atoms with van der Waals surface area (Å²) in [6.07, 6.45) is 4.30. The SMILES string of the molecule is O=C(c1csc(CSc2nnc(-c3ccccc3Cl)n2-c2ccccc2F)n1)N1CCN(C/C=C/c2ccccc2)CC1. The molecule has 0 spiro atoms. The minimum Gasteiger partial charge on any atom is -0.335 e. The first-order chi connectivity index (χ1) is 21.1. The van der Waals surface area contributed by atoms with Crippen LogP contribution in [0.2, 0.25) is 5.02 Å². The molecule has 0 unspecified atom stereocenters. The van der Waals surface area contributed by atoms with Crippen molar-refractivity contribution in [3.8, 4) is 17.1 Å². The lowest BCUT2D eigenvalue weighted by molar-refractivity contribution is 0.0645. The fraction of sp³-hybridized carbons (Fsp3) is 0.188. The average Bonchev–Trinajstić information content (AvgIpc) is 3.69. The highest BCUT2D eigenvalue weighted by Crippen LogP contribution is 2.34. The molecule has 2 aromatic heterocycles. The number of carbonyl (C=O) groups is 1. The molecular formula is C32H28ClFN6OS2. The van der Waals surface area contributed by atoms with Crippen molar-refractivity contribution in [1.82, 2.24) is 29.5 Å². The second-order valence-electron chi connectivity index (χ2n) is 9.89. The Hall–Kier alpha value is -3.83. The summed E-state index contributed by atoms with van der Waals surface area (Å²) in [5.74, 6) is 0.450. The van der Waals surface area contributed by atoms with Crippen LogP contribution in [0.3, 0.4) is 0 Å². The smallest absolute Gasteiger partial charge is 0.273 e. The number of hydrogen-bond acceptors (Lipinski definition) is 7. The van der Waals surface area contributed by atoms with Crippen LogP contribution in [0.5, 0.6) is 0 Å². The van der Waals surface area contributed by atoms with Gasteiger partial charge in [-0.25, -0.2) is 9.37 Å². The number of nitrogens with zero attached hydrogens (tertiary/aromatic N) is 6. The zero-order valence-corrected chi connectivity index (χ0v) is 25.5. The Morgan fingerprint density at radius 2 is 1.70 bits per heavy atom. The fourth-order valence-corrected chi connectivity index (χ4v) is 6.78. The molecule has 43 heavy (non-hydrogen) atoms. The topological polar surface area (TPSA) is 67.2 Å². The largest absolute Gasteiger partial charge is 0.335 e. The van der Waals surface area contributed by atoms with Crippen molar-refractivity contribution in [1.29, 1.82) is 0 Å². The van der Waals surface area contributed by atoms with Crippen LogP contribution in [-0.4, -0.2) is 68.2 Å². The summed E-state index contributed by atoms with van der Waals surface area (Å²) in [5.41, 5.74) is 2.61. The van der Waals surface area contributed by atoms with Crippen molar-refractivity contribution in [2.75, 3.05) is 32.7 Å². The first-order valence-corrected chi connectivity index (χ1v) is 16.1. The van der Waals surface area contributed by atoms with Gasteiger partial charge in [0.15, 0.2) is 11.0 Å². The van der Waals surface area contributed by atoms with Crippen molar-refractivity contribution >= 4 is 46.7 Å². The molecule has 218 valence electrons. The van der Waals surface area contributed by atoms with Crippen LogP contribution in [0.4, 0.5) is 4.39 Å².